The zero-order valence-electron chi connectivity index (χ0n) is 22.2. The summed E-state index contributed by atoms with van der Waals surface area (Å²) in [5.41, 5.74) is 1.09. The van der Waals surface area contributed by atoms with Gasteiger partial charge >= 0.3 is 0 Å². The van der Waals surface area contributed by atoms with E-state index in [4.69, 9.17) is 19.4 Å². The van der Waals surface area contributed by atoms with Crippen LogP contribution in [0.3, 0.4) is 0 Å². The van der Waals surface area contributed by atoms with Gasteiger partial charge in [0.1, 0.15) is 11.6 Å². The highest BCUT2D eigenvalue weighted by atomic mass is 16.5. The molecule has 0 atom stereocenters. The minimum absolute atomic E-state index is 0.0107. The first-order valence-electron chi connectivity index (χ1n) is 12.9. The van der Waals surface area contributed by atoms with E-state index in [0.717, 1.165) is 88.7 Å². The third-order valence-electron chi connectivity index (χ3n) is 6.02. The fourth-order valence-electron chi connectivity index (χ4n) is 3.65. The van der Waals surface area contributed by atoms with E-state index < -0.39 is 0 Å². The Labute approximate surface area is 211 Å². The van der Waals surface area contributed by atoms with Crippen LogP contribution < -0.4 is 20.3 Å². The summed E-state index contributed by atoms with van der Waals surface area (Å²) in [6.45, 7) is 17.1. The molecule has 0 aliphatic carbocycles. The van der Waals surface area contributed by atoms with E-state index in [1.807, 2.05) is 30.3 Å². The zero-order valence-corrected chi connectivity index (χ0v) is 22.2. The summed E-state index contributed by atoms with van der Waals surface area (Å²) >= 11 is 0. The highest BCUT2D eigenvalue weighted by Crippen LogP contribution is 2.26. The third-order valence-corrected chi connectivity index (χ3v) is 6.02. The number of piperazine rings is 1. The summed E-state index contributed by atoms with van der Waals surface area (Å²) in [4.78, 5) is 14.2. The minimum atomic E-state index is 0.0107. The average Bonchev–Trinajstić information content (AvgIpc) is 2.82. The van der Waals surface area contributed by atoms with Crippen molar-refractivity contribution in [3.05, 3.63) is 42.1 Å². The van der Waals surface area contributed by atoms with Crippen LogP contribution in [0.5, 0.6) is 5.75 Å². The fraction of sp³-hybridized carbons (Fsp3) is 0.630. The molecule has 2 N–H and O–H groups in total. The van der Waals surface area contributed by atoms with Gasteiger partial charge < -0.3 is 29.9 Å². The fourth-order valence-corrected chi connectivity index (χ4v) is 3.65. The van der Waals surface area contributed by atoms with Gasteiger partial charge in [0.25, 0.3) is 0 Å². The van der Waals surface area contributed by atoms with Crippen molar-refractivity contribution in [2.24, 2.45) is 0 Å². The number of para-hydroxylation sites is 1. The van der Waals surface area contributed by atoms with Crippen LogP contribution in [0.1, 0.15) is 39.8 Å². The predicted octanol–water partition coefficient (Wildman–Crippen LogP) is 3.40. The molecule has 0 amide bonds. The molecule has 0 bridgehead atoms. The van der Waals surface area contributed by atoms with Gasteiger partial charge in [-0.2, -0.15) is 4.98 Å². The Kier molecular flexibility index (Phi) is 10.6. The number of nitrogens with one attached hydrogen (secondary N) is 2. The van der Waals surface area contributed by atoms with Crippen LogP contribution in [0.2, 0.25) is 0 Å². The van der Waals surface area contributed by atoms with Gasteiger partial charge in [0, 0.05) is 37.7 Å². The molecule has 4 rings (SSSR count). The van der Waals surface area contributed by atoms with Crippen LogP contribution in [0.15, 0.2) is 36.4 Å². The zero-order chi connectivity index (χ0) is 25.1. The number of hydrogen-bond acceptors (Lipinski definition) is 8. The Hall–Kier alpha value is -2.42. The molecule has 35 heavy (non-hydrogen) atoms. The summed E-state index contributed by atoms with van der Waals surface area (Å²) in [5.74, 6) is 2.73. The molecule has 0 unspecified atom stereocenters. The van der Waals surface area contributed by atoms with Crippen molar-refractivity contribution >= 4 is 11.8 Å². The van der Waals surface area contributed by atoms with Gasteiger partial charge in [-0.15, -0.1) is 0 Å². The molecule has 2 fully saturated rings. The second kappa shape index (κ2) is 13.6. The van der Waals surface area contributed by atoms with E-state index in [2.05, 4.69) is 61.2 Å². The van der Waals surface area contributed by atoms with Gasteiger partial charge in [-0.1, -0.05) is 45.9 Å². The second-order valence-corrected chi connectivity index (χ2v) is 10.2. The van der Waals surface area contributed by atoms with Crippen molar-refractivity contribution in [1.29, 1.82) is 0 Å². The summed E-state index contributed by atoms with van der Waals surface area (Å²) in [6.07, 6.45) is 1.06. The Morgan fingerprint density at radius 2 is 1.77 bits per heavy atom. The lowest BCUT2D eigenvalue weighted by molar-refractivity contribution is 0.0209. The minimum Gasteiger partial charge on any atom is -0.494 e. The third kappa shape index (κ3) is 9.28. The molecular weight excluding hydrogens is 440 g/mol. The number of hydrogen-bond donors (Lipinski definition) is 2. The maximum atomic E-state index is 5.51. The number of anilines is 2. The number of likely N-dealkylation sites (N-methyl/N-ethyl adjacent to an activating group) is 1. The largest absolute Gasteiger partial charge is 0.494 e. The van der Waals surface area contributed by atoms with Gasteiger partial charge in [-0.05, 0) is 38.7 Å². The van der Waals surface area contributed by atoms with Crippen LogP contribution in [-0.2, 0) is 10.2 Å². The van der Waals surface area contributed by atoms with E-state index in [9.17, 15) is 0 Å². The van der Waals surface area contributed by atoms with Crippen molar-refractivity contribution in [3.8, 4) is 5.75 Å². The molecule has 8 heteroatoms. The van der Waals surface area contributed by atoms with Crippen molar-refractivity contribution in [2.45, 2.75) is 45.6 Å². The van der Waals surface area contributed by atoms with Gasteiger partial charge in [-0.25, -0.2) is 4.98 Å². The molecule has 0 saturated carbocycles. The summed E-state index contributed by atoms with van der Waals surface area (Å²) in [6, 6.07) is 12.4. The van der Waals surface area contributed by atoms with E-state index in [1.54, 1.807) is 0 Å². The van der Waals surface area contributed by atoms with E-state index in [0.29, 0.717) is 6.04 Å². The Morgan fingerprint density at radius 3 is 2.37 bits per heavy atom. The molecule has 1 aromatic heterocycles. The van der Waals surface area contributed by atoms with E-state index in [-0.39, 0.29) is 5.41 Å². The Bertz CT molecular complexity index is 862. The van der Waals surface area contributed by atoms with E-state index >= 15 is 0 Å². The van der Waals surface area contributed by atoms with Crippen molar-refractivity contribution in [2.75, 3.05) is 76.4 Å². The lowest BCUT2D eigenvalue weighted by atomic mass is 9.92. The van der Waals surface area contributed by atoms with Crippen LogP contribution in [0, 0.1) is 0 Å². The number of rotatable bonds is 9. The van der Waals surface area contributed by atoms with E-state index in [1.165, 1.54) is 0 Å². The normalized spacial score (nSPS) is 16.8. The maximum Gasteiger partial charge on any atom is 0.227 e. The van der Waals surface area contributed by atoms with Gasteiger partial charge in [0.15, 0.2) is 0 Å². The summed E-state index contributed by atoms with van der Waals surface area (Å²) in [7, 11) is 2.16. The van der Waals surface area contributed by atoms with Crippen molar-refractivity contribution < 1.29 is 9.47 Å². The van der Waals surface area contributed by atoms with Gasteiger partial charge in [-0.3, -0.25) is 0 Å². The van der Waals surface area contributed by atoms with Gasteiger partial charge in [0.2, 0.25) is 5.95 Å². The molecule has 2 saturated heterocycles. The smallest absolute Gasteiger partial charge is 0.227 e. The topological polar surface area (TPSA) is 74.8 Å². The highest BCUT2D eigenvalue weighted by molar-refractivity contribution is 5.46. The first-order valence-corrected chi connectivity index (χ1v) is 12.9. The Morgan fingerprint density at radius 1 is 1.06 bits per heavy atom. The van der Waals surface area contributed by atoms with Gasteiger partial charge in [0.05, 0.1) is 31.6 Å². The Balaban J connectivity index is 0.000000225. The number of benzene rings is 1. The first-order chi connectivity index (χ1) is 16.8. The molecule has 2 aromatic rings. The standard InChI is InChI=1S/C16H27N5O.C11H17NO/c1-16(2,3)13-9-14(17-12-10-22-11-12)19-15(18-13)21-7-5-20(4)6-8-21;1-2-12-9-6-10-13-11-7-4-3-5-8-11/h9,12H,5-8,10-11H2,1-4H3,(H,17,18,19);3-5,7-8,12H,2,6,9-10H2,1H3. The number of ether oxygens (including phenoxy) is 2. The van der Waals surface area contributed by atoms with Crippen molar-refractivity contribution in [3.63, 3.8) is 0 Å². The molecule has 1 aromatic carbocycles. The summed E-state index contributed by atoms with van der Waals surface area (Å²) in [5, 5.41) is 6.72. The first kappa shape index (κ1) is 27.2. The molecule has 2 aliphatic rings. The average molecular weight is 485 g/mol. The number of aromatic nitrogens is 2. The molecule has 3 heterocycles. The molecule has 0 radical (unpaired) electrons. The lowest BCUT2D eigenvalue weighted by Gasteiger charge is -2.34. The van der Waals surface area contributed by atoms with Crippen molar-refractivity contribution in [1.82, 2.24) is 20.2 Å². The molecule has 0 spiro atoms. The summed E-state index contributed by atoms with van der Waals surface area (Å²) < 4.78 is 10.8. The van der Waals surface area contributed by atoms with Crippen LogP contribution in [-0.4, -0.2) is 87.0 Å². The molecule has 8 nitrogen and oxygen atoms in total. The highest BCUT2D eigenvalue weighted by Gasteiger charge is 2.24. The second-order valence-electron chi connectivity index (χ2n) is 10.2. The monoisotopic (exact) mass is 484 g/mol. The maximum absolute atomic E-state index is 5.51. The van der Waals surface area contributed by atoms with Crippen LogP contribution in [0.4, 0.5) is 11.8 Å². The lowest BCUT2D eigenvalue weighted by Crippen LogP contribution is -2.45. The number of nitrogens with zero attached hydrogens (tertiary/aromatic N) is 4. The molecular formula is C27H44N6O2. The predicted molar refractivity (Wildman–Crippen MR) is 144 cm³/mol. The SMILES string of the molecule is CCNCCCOc1ccccc1.CN1CCN(c2nc(NC3COC3)cc(C(C)(C)C)n2)CC1. The molecule has 194 valence electrons. The van der Waals surface area contributed by atoms with Crippen LogP contribution >= 0.6 is 0 Å². The molecule has 2 aliphatic heterocycles. The quantitative estimate of drug-likeness (QED) is 0.525. The van der Waals surface area contributed by atoms with Crippen LogP contribution in [0.25, 0.3) is 0 Å².